The van der Waals surface area contributed by atoms with Crippen molar-refractivity contribution < 1.29 is 13.7 Å². The predicted octanol–water partition coefficient (Wildman–Crippen LogP) is 3.66. The van der Waals surface area contributed by atoms with E-state index in [1.165, 1.54) is 5.56 Å². The first kappa shape index (κ1) is 18.5. The van der Waals surface area contributed by atoms with Crippen molar-refractivity contribution in [3.63, 3.8) is 0 Å². The van der Waals surface area contributed by atoms with E-state index in [0.717, 1.165) is 41.6 Å². The first-order valence-corrected chi connectivity index (χ1v) is 9.56. The maximum Gasteiger partial charge on any atom is 0.217 e. The summed E-state index contributed by atoms with van der Waals surface area (Å²) in [4.78, 5) is 13.9. The van der Waals surface area contributed by atoms with E-state index in [1.54, 1.807) is 6.92 Å². The molecule has 1 fully saturated rings. The van der Waals surface area contributed by atoms with Gasteiger partial charge in [-0.2, -0.15) is 0 Å². The molecule has 0 aliphatic carbocycles. The van der Waals surface area contributed by atoms with Crippen LogP contribution in [0.1, 0.15) is 35.7 Å². The molecule has 0 unspecified atom stereocenters. The Balaban J connectivity index is 1.47. The molecular weight excluding hydrogens is 354 g/mol. The lowest BCUT2D eigenvalue weighted by molar-refractivity contribution is -0.119. The summed E-state index contributed by atoms with van der Waals surface area (Å²) >= 11 is 0. The molecule has 2 aromatic heterocycles. The molecule has 6 heteroatoms. The summed E-state index contributed by atoms with van der Waals surface area (Å²) < 4.78 is 11.4. The largest absolute Gasteiger partial charge is 0.466 e. The minimum absolute atomic E-state index is 0.0162. The number of amides is 1. The van der Waals surface area contributed by atoms with Crippen molar-refractivity contribution in [2.75, 3.05) is 13.1 Å². The maximum atomic E-state index is 11.6. The number of benzene rings is 1. The molecule has 0 bridgehead atoms. The topological polar surface area (TPSA) is 71.5 Å². The zero-order valence-electron chi connectivity index (χ0n) is 16.4. The second-order valence-corrected chi connectivity index (χ2v) is 7.60. The van der Waals surface area contributed by atoms with Crippen molar-refractivity contribution in [2.24, 2.45) is 0 Å². The highest BCUT2D eigenvalue weighted by atomic mass is 16.5. The summed E-state index contributed by atoms with van der Waals surface area (Å²) in [6, 6.07) is 14.2. The van der Waals surface area contributed by atoms with Crippen LogP contribution in [0.3, 0.4) is 0 Å². The SMILES string of the molecule is CC(=O)N[C@H]1CN(Cc2cc(-c3ccc(C)cc3)no2)C[C@@H]1c1ccc(C)o1. The fourth-order valence-corrected chi connectivity index (χ4v) is 3.83. The molecule has 6 nitrogen and oxygen atoms in total. The Morgan fingerprint density at radius 2 is 1.96 bits per heavy atom. The number of nitrogens with zero attached hydrogens (tertiary/aromatic N) is 2. The molecule has 0 spiro atoms. The zero-order valence-corrected chi connectivity index (χ0v) is 16.4. The van der Waals surface area contributed by atoms with Gasteiger partial charge in [-0.25, -0.2) is 0 Å². The van der Waals surface area contributed by atoms with Gasteiger partial charge >= 0.3 is 0 Å². The van der Waals surface area contributed by atoms with Crippen LogP contribution >= 0.6 is 0 Å². The Hall–Kier alpha value is -2.86. The zero-order chi connectivity index (χ0) is 19.7. The number of aryl methyl sites for hydroxylation is 2. The number of carbonyl (C=O) groups is 1. The number of hydrogen-bond donors (Lipinski definition) is 1. The molecule has 1 aromatic carbocycles. The van der Waals surface area contributed by atoms with E-state index in [2.05, 4.69) is 46.6 Å². The van der Waals surface area contributed by atoms with Crippen LogP contribution < -0.4 is 5.32 Å². The molecule has 1 aliphatic rings. The van der Waals surface area contributed by atoms with Gasteiger partial charge in [0.15, 0.2) is 5.76 Å². The number of hydrogen-bond acceptors (Lipinski definition) is 5. The molecule has 1 aliphatic heterocycles. The van der Waals surface area contributed by atoms with Crippen LogP contribution in [-0.4, -0.2) is 35.1 Å². The lowest BCUT2D eigenvalue weighted by Crippen LogP contribution is -2.38. The minimum atomic E-state index is -0.0264. The summed E-state index contributed by atoms with van der Waals surface area (Å²) in [5, 5.41) is 7.28. The van der Waals surface area contributed by atoms with E-state index in [9.17, 15) is 4.79 Å². The lowest BCUT2D eigenvalue weighted by Gasteiger charge is -2.17. The Bertz CT molecular complexity index is 958. The third-order valence-electron chi connectivity index (χ3n) is 5.20. The third-order valence-corrected chi connectivity index (χ3v) is 5.20. The summed E-state index contributed by atoms with van der Waals surface area (Å²) in [7, 11) is 0. The average molecular weight is 379 g/mol. The van der Waals surface area contributed by atoms with Crippen LogP contribution in [0, 0.1) is 13.8 Å². The highest BCUT2D eigenvalue weighted by molar-refractivity contribution is 5.73. The summed E-state index contributed by atoms with van der Waals surface area (Å²) in [6.45, 7) is 7.73. The second kappa shape index (κ2) is 7.64. The highest BCUT2D eigenvalue weighted by Gasteiger charge is 2.36. The van der Waals surface area contributed by atoms with E-state index in [-0.39, 0.29) is 17.9 Å². The van der Waals surface area contributed by atoms with E-state index < -0.39 is 0 Å². The smallest absolute Gasteiger partial charge is 0.217 e. The van der Waals surface area contributed by atoms with Gasteiger partial charge in [0.05, 0.1) is 18.5 Å². The summed E-state index contributed by atoms with van der Waals surface area (Å²) in [5.74, 6) is 2.71. The van der Waals surface area contributed by atoms with Gasteiger partial charge in [-0.05, 0) is 26.0 Å². The number of likely N-dealkylation sites (tertiary alicyclic amines) is 1. The van der Waals surface area contributed by atoms with Crippen molar-refractivity contribution in [3.05, 3.63) is 65.3 Å². The van der Waals surface area contributed by atoms with Gasteiger partial charge < -0.3 is 14.3 Å². The van der Waals surface area contributed by atoms with Crippen molar-refractivity contribution >= 4 is 5.91 Å². The normalized spacial score (nSPS) is 19.8. The number of nitrogens with one attached hydrogen (secondary N) is 1. The van der Waals surface area contributed by atoms with Crippen molar-refractivity contribution in [1.29, 1.82) is 0 Å². The first-order valence-electron chi connectivity index (χ1n) is 9.56. The molecule has 0 saturated carbocycles. The molecule has 146 valence electrons. The van der Waals surface area contributed by atoms with Crippen LogP contribution in [0.25, 0.3) is 11.3 Å². The van der Waals surface area contributed by atoms with Crippen LogP contribution in [0.2, 0.25) is 0 Å². The van der Waals surface area contributed by atoms with Crippen molar-refractivity contribution in [1.82, 2.24) is 15.4 Å². The summed E-state index contributed by atoms with van der Waals surface area (Å²) in [6.07, 6.45) is 0. The number of aromatic nitrogens is 1. The number of rotatable bonds is 5. The van der Waals surface area contributed by atoms with E-state index >= 15 is 0 Å². The molecule has 3 aromatic rings. The van der Waals surface area contributed by atoms with Crippen LogP contribution in [0.4, 0.5) is 0 Å². The standard InChI is InChI=1S/C22H25N3O3/c1-14-4-7-17(8-5-14)20-10-18(28-24-20)11-25-12-19(21(13-25)23-16(3)26)22-9-6-15(2)27-22/h4-10,19,21H,11-13H2,1-3H3,(H,23,26)/t19-,21-/m0/s1. The monoisotopic (exact) mass is 379 g/mol. The van der Waals surface area contributed by atoms with Gasteiger partial charge in [0.2, 0.25) is 5.91 Å². The lowest BCUT2D eigenvalue weighted by atomic mass is 10.0. The minimum Gasteiger partial charge on any atom is -0.466 e. The van der Waals surface area contributed by atoms with Crippen molar-refractivity contribution in [3.8, 4) is 11.3 Å². The van der Waals surface area contributed by atoms with E-state index in [0.29, 0.717) is 6.54 Å². The van der Waals surface area contributed by atoms with E-state index in [4.69, 9.17) is 8.94 Å². The maximum absolute atomic E-state index is 11.6. The number of furan rings is 1. The Kier molecular flexibility index (Phi) is 5.05. The molecular formula is C22H25N3O3. The van der Waals surface area contributed by atoms with Gasteiger partial charge in [-0.3, -0.25) is 9.69 Å². The van der Waals surface area contributed by atoms with Gasteiger partial charge in [-0.15, -0.1) is 0 Å². The number of carbonyl (C=O) groups excluding carboxylic acids is 1. The van der Waals surface area contributed by atoms with Crippen LogP contribution in [0.15, 0.2) is 51.4 Å². The van der Waals surface area contributed by atoms with E-state index in [1.807, 2.05) is 25.1 Å². The molecule has 0 radical (unpaired) electrons. The summed E-state index contributed by atoms with van der Waals surface area (Å²) in [5.41, 5.74) is 3.10. The molecule has 3 heterocycles. The average Bonchev–Trinajstić information content (AvgIpc) is 3.36. The van der Waals surface area contributed by atoms with Crippen molar-refractivity contribution in [2.45, 2.75) is 39.3 Å². The fraction of sp³-hybridized carbons (Fsp3) is 0.364. The van der Waals surface area contributed by atoms with Crippen LogP contribution in [0.5, 0.6) is 0 Å². The highest BCUT2D eigenvalue weighted by Crippen LogP contribution is 2.30. The predicted molar refractivity (Wildman–Crippen MR) is 106 cm³/mol. The van der Waals surface area contributed by atoms with Crippen LogP contribution in [-0.2, 0) is 11.3 Å². The third kappa shape index (κ3) is 4.02. The van der Waals surface area contributed by atoms with Gasteiger partial charge in [-0.1, -0.05) is 35.0 Å². The molecule has 1 saturated heterocycles. The Morgan fingerprint density at radius 3 is 2.64 bits per heavy atom. The second-order valence-electron chi connectivity index (χ2n) is 7.60. The Morgan fingerprint density at radius 1 is 1.18 bits per heavy atom. The molecule has 1 N–H and O–H groups in total. The molecule has 4 rings (SSSR count). The van der Waals surface area contributed by atoms with Gasteiger partial charge in [0.1, 0.15) is 17.2 Å². The quantitative estimate of drug-likeness (QED) is 0.733. The van der Waals surface area contributed by atoms with Gasteiger partial charge in [0, 0.05) is 31.6 Å². The fourth-order valence-electron chi connectivity index (χ4n) is 3.83. The first-order chi connectivity index (χ1) is 13.5. The Labute approximate surface area is 164 Å². The van der Waals surface area contributed by atoms with Gasteiger partial charge in [0.25, 0.3) is 0 Å². The molecule has 28 heavy (non-hydrogen) atoms. The molecule has 2 atom stereocenters. The molecule has 1 amide bonds.